The number of rotatable bonds is 8. The zero-order valence-electron chi connectivity index (χ0n) is 14.3. The molecule has 0 unspecified atom stereocenters. The van der Waals surface area contributed by atoms with Gasteiger partial charge in [-0.2, -0.15) is 0 Å². The average Bonchev–Trinajstić information content (AvgIpc) is 2.89. The van der Waals surface area contributed by atoms with Crippen LogP contribution in [0.25, 0.3) is 6.08 Å². The van der Waals surface area contributed by atoms with Crippen molar-refractivity contribution < 1.29 is 19.1 Å². The van der Waals surface area contributed by atoms with Crippen LogP contribution in [0.5, 0.6) is 5.75 Å². The van der Waals surface area contributed by atoms with E-state index < -0.39 is 0 Å². The number of carbonyl (C=O) groups excluding carboxylic acids is 2. The molecule has 0 N–H and O–H groups in total. The van der Waals surface area contributed by atoms with E-state index >= 15 is 0 Å². The van der Waals surface area contributed by atoms with Crippen LogP contribution in [0.4, 0.5) is 4.79 Å². The molecule has 0 saturated carbocycles. The maximum atomic E-state index is 12.2. The minimum atomic E-state index is -0.201. The van der Waals surface area contributed by atoms with Gasteiger partial charge in [-0.15, -0.1) is 0 Å². The van der Waals surface area contributed by atoms with Crippen molar-refractivity contribution in [2.75, 3.05) is 20.8 Å². The van der Waals surface area contributed by atoms with Gasteiger partial charge in [0.2, 0.25) is 0 Å². The molecular formula is C18H21NO4S2. The summed E-state index contributed by atoms with van der Waals surface area (Å²) in [6, 6.07) is 7.59. The molecule has 1 saturated heterocycles. The fourth-order valence-electron chi connectivity index (χ4n) is 2.36. The average molecular weight is 380 g/mol. The number of hydrogen-bond acceptors (Lipinski definition) is 6. The van der Waals surface area contributed by atoms with Crippen LogP contribution in [-0.2, 0) is 9.53 Å². The highest BCUT2D eigenvalue weighted by Gasteiger charge is 2.31. The van der Waals surface area contributed by atoms with Gasteiger partial charge in [-0.05, 0) is 48.4 Å². The van der Waals surface area contributed by atoms with Crippen molar-refractivity contribution in [3.63, 3.8) is 0 Å². The summed E-state index contributed by atoms with van der Waals surface area (Å²) in [6.45, 7) is 0.575. The van der Waals surface area contributed by atoms with Gasteiger partial charge >= 0.3 is 5.97 Å². The van der Waals surface area contributed by atoms with Gasteiger partial charge in [0.05, 0.1) is 19.1 Å². The largest absolute Gasteiger partial charge is 0.497 e. The van der Waals surface area contributed by atoms with Crippen molar-refractivity contribution in [2.24, 2.45) is 0 Å². The van der Waals surface area contributed by atoms with Crippen LogP contribution in [0.1, 0.15) is 31.2 Å². The molecule has 0 bridgehead atoms. The maximum absolute atomic E-state index is 12.2. The Hall–Kier alpha value is -1.86. The summed E-state index contributed by atoms with van der Waals surface area (Å²) in [4.78, 5) is 26.2. The number of ether oxygens (including phenoxy) is 2. The number of nitrogens with zero attached hydrogens (tertiary/aromatic N) is 1. The molecule has 0 aliphatic carbocycles. The normalized spacial score (nSPS) is 15.8. The molecule has 5 nitrogen and oxygen atoms in total. The van der Waals surface area contributed by atoms with E-state index in [1.54, 1.807) is 12.0 Å². The lowest BCUT2D eigenvalue weighted by Gasteiger charge is -2.14. The van der Waals surface area contributed by atoms with Crippen LogP contribution >= 0.6 is 24.0 Å². The lowest BCUT2D eigenvalue weighted by atomic mass is 10.2. The Bertz CT molecular complexity index is 670. The predicted octanol–water partition coefficient (Wildman–Crippen LogP) is 4.27. The number of unbranched alkanes of at least 4 members (excludes halogenated alkanes) is 2. The van der Waals surface area contributed by atoms with Gasteiger partial charge in [0.25, 0.3) is 5.24 Å². The fourth-order valence-corrected chi connectivity index (χ4v) is 3.65. The van der Waals surface area contributed by atoms with Gasteiger partial charge in [0.1, 0.15) is 10.7 Å². The third kappa shape index (κ3) is 5.57. The van der Waals surface area contributed by atoms with Gasteiger partial charge in [-0.1, -0.05) is 30.8 Å². The van der Waals surface area contributed by atoms with Crippen molar-refractivity contribution in [3.05, 3.63) is 34.7 Å². The van der Waals surface area contributed by atoms with Crippen molar-refractivity contribution in [2.45, 2.75) is 25.7 Å². The first-order chi connectivity index (χ1) is 12.0. The molecule has 1 aliphatic rings. The first-order valence-corrected chi connectivity index (χ1v) is 9.24. The third-order valence-corrected chi connectivity index (χ3v) is 5.27. The summed E-state index contributed by atoms with van der Waals surface area (Å²) in [5.41, 5.74) is 0.971. The van der Waals surface area contributed by atoms with E-state index in [1.165, 1.54) is 7.11 Å². The summed E-state index contributed by atoms with van der Waals surface area (Å²) in [5, 5.41) is -0.0438. The number of methoxy groups -OCH3 is 2. The van der Waals surface area contributed by atoms with E-state index in [0.29, 0.717) is 18.0 Å². The Kier molecular flexibility index (Phi) is 7.46. The molecule has 1 aromatic rings. The number of thioether (sulfide) groups is 1. The molecule has 2 rings (SSSR count). The number of carbonyl (C=O) groups is 2. The zero-order chi connectivity index (χ0) is 18.2. The second kappa shape index (κ2) is 9.58. The van der Waals surface area contributed by atoms with Crippen LogP contribution in [0.15, 0.2) is 29.2 Å². The molecule has 7 heteroatoms. The lowest BCUT2D eigenvalue weighted by Crippen LogP contribution is -2.27. The number of esters is 1. The summed E-state index contributed by atoms with van der Waals surface area (Å²) in [7, 11) is 3.01. The van der Waals surface area contributed by atoms with Gasteiger partial charge in [0, 0.05) is 13.0 Å². The maximum Gasteiger partial charge on any atom is 0.305 e. The highest BCUT2D eigenvalue weighted by molar-refractivity contribution is 8.19. The Morgan fingerprint density at radius 3 is 2.56 bits per heavy atom. The lowest BCUT2D eigenvalue weighted by molar-refractivity contribution is -0.140. The molecule has 0 radical (unpaired) electrons. The fraction of sp³-hybridized carbons (Fsp3) is 0.389. The van der Waals surface area contributed by atoms with Crippen LogP contribution in [0, 0.1) is 0 Å². The second-order valence-electron chi connectivity index (χ2n) is 5.49. The van der Waals surface area contributed by atoms with Crippen LogP contribution in [0.2, 0.25) is 0 Å². The molecule has 0 atom stereocenters. The van der Waals surface area contributed by atoms with Crippen LogP contribution < -0.4 is 4.74 Å². The highest BCUT2D eigenvalue weighted by Crippen LogP contribution is 2.33. The Balaban J connectivity index is 1.88. The summed E-state index contributed by atoms with van der Waals surface area (Å²) < 4.78 is 9.74. The SMILES string of the molecule is COC(=O)CCCCCN1C(=O)S/C(=C/c2ccc(OC)cc2)C1=S. The second-order valence-corrected chi connectivity index (χ2v) is 6.87. The Morgan fingerprint density at radius 1 is 1.20 bits per heavy atom. The molecule has 1 aliphatic heterocycles. The zero-order valence-corrected chi connectivity index (χ0v) is 16.0. The van der Waals surface area contributed by atoms with E-state index in [2.05, 4.69) is 4.74 Å². The molecular weight excluding hydrogens is 358 g/mol. The highest BCUT2D eigenvalue weighted by atomic mass is 32.2. The Labute approximate surface area is 157 Å². The number of amides is 1. The molecule has 1 fully saturated rings. The topological polar surface area (TPSA) is 55.8 Å². The molecule has 0 spiro atoms. The molecule has 0 aromatic heterocycles. The van der Waals surface area contributed by atoms with Gasteiger partial charge in [-0.3, -0.25) is 14.5 Å². The van der Waals surface area contributed by atoms with Crippen LogP contribution in [0.3, 0.4) is 0 Å². The molecule has 1 heterocycles. The van der Waals surface area contributed by atoms with Crippen molar-refractivity contribution in [1.82, 2.24) is 4.90 Å². The van der Waals surface area contributed by atoms with Gasteiger partial charge in [0.15, 0.2) is 0 Å². The van der Waals surface area contributed by atoms with Crippen molar-refractivity contribution in [1.29, 1.82) is 0 Å². The van der Waals surface area contributed by atoms with Gasteiger partial charge < -0.3 is 9.47 Å². The number of benzene rings is 1. The van der Waals surface area contributed by atoms with E-state index in [1.807, 2.05) is 30.3 Å². The van der Waals surface area contributed by atoms with E-state index in [4.69, 9.17) is 17.0 Å². The number of thiocarbonyl (C=S) groups is 1. The van der Waals surface area contributed by atoms with E-state index in [-0.39, 0.29) is 11.2 Å². The molecule has 25 heavy (non-hydrogen) atoms. The van der Waals surface area contributed by atoms with Crippen molar-refractivity contribution in [3.8, 4) is 5.75 Å². The standard InChI is InChI=1S/C18H21NO4S2/c1-22-14-9-7-13(8-10-14)12-15-17(24)19(18(21)25-15)11-5-3-4-6-16(20)23-2/h7-10,12H,3-6,11H2,1-2H3/b15-12+. The first kappa shape index (κ1) is 19.5. The van der Waals surface area contributed by atoms with Gasteiger partial charge in [-0.25, -0.2) is 0 Å². The monoisotopic (exact) mass is 379 g/mol. The van der Waals surface area contributed by atoms with E-state index in [9.17, 15) is 9.59 Å². The first-order valence-electron chi connectivity index (χ1n) is 8.01. The van der Waals surface area contributed by atoms with Crippen LogP contribution in [-0.4, -0.2) is 41.9 Å². The Morgan fingerprint density at radius 2 is 1.92 bits per heavy atom. The number of hydrogen-bond donors (Lipinski definition) is 0. The quantitative estimate of drug-likeness (QED) is 0.291. The summed E-state index contributed by atoms with van der Waals surface area (Å²) in [6.07, 6.45) is 4.74. The molecule has 1 aromatic carbocycles. The van der Waals surface area contributed by atoms with Crippen molar-refractivity contribution >= 4 is 46.3 Å². The molecule has 134 valence electrons. The smallest absolute Gasteiger partial charge is 0.305 e. The summed E-state index contributed by atoms with van der Waals surface area (Å²) >= 11 is 6.60. The molecule has 1 amide bonds. The van der Waals surface area contributed by atoms with E-state index in [0.717, 1.165) is 47.2 Å². The third-order valence-electron chi connectivity index (χ3n) is 3.78. The predicted molar refractivity (Wildman–Crippen MR) is 104 cm³/mol. The minimum Gasteiger partial charge on any atom is -0.497 e. The summed E-state index contributed by atoms with van der Waals surface area (Å²) in [5.74, 6) is 0.585. The minimum absolute atomic E-state index is 0.0438.